The summed E-state index contributed by atoms with van der Waals surface area (Å²) in [6.45, 7) is -0.294. The van der Waals surface area contributed by atoms with Crippen LogP contribution < -0.4 is 0 Å². The SMILES string of the molecule is O=C(O)Cn1nnnc1Sc1ccnc2cc(Br)cnc12. The Hall–Kier alpha value is -2.07. The maximum atomic E-state index is 10.8. The summed E-state index contributed by atoms with van der Waals surface area (Å²) in [5, 5.41) is 20.2. The van der Waals surface area contributed by atoms with Crippen molar-refractivity contribution in [3.05, 3.63) is 29.0 Å². The number of hydrogen-bond acceptors (Lipinski definition) is 7. The van der Waals surface area contributed by atoms with Gasteiger partial charge in [0, 0.05) is 21.8 Å². The van der Waals surface area contributed by atoms with Crippen LogP contribution in [0.3, 0.4) is 0 Å². The van der Waals surface area contributed by atoms with Crippen LogP contribution in [0.5, 0.6) is 0 Å². The summed E-state index contributed by atoms with van der Waals surface area (Å²) in [5.41, 5.74) is 1.43. The number of pyridine rings is 2. The fraction of sp³-hybridized carbons (Fsp3) is 0.0909. The molecule has 0 aromatic carbocycles. The van der Waals surface area contributed by atoms with Gasteiger partial charge in [0.15, 0.2) is 0 Å². The molecular formula is C11H7BrN6O2S. The van der Waals surface area contributed by atoms with Gasteiger partial charge in [-0.05, 0) is 50.3 Å². The molecular weight excluding hydrogens is 360 g/mol. The average Bonchev–Trinajstić information content (AvgIpc) is 2.85. The maximum absolute atomic E-state index is 10.8. The molecule has 10 heteroatoms. The van der Waals surface area contributed by atoms with Gasteiger partial charge >= 0.3 is 5.97 Å². The molecule has 0 atom stereocenters. The number of halogens is 1. The standard InChI is InChI=1S/C11H7BrN6O2S/c12-6-3-7-10(14-4-6)8(1-2-13-7)21-11-15-16-17-18(11)5-9(19)20/h1-4H,5H2,(H,19,20). The second-order valence-electron chi connectivity index (χ2n) is 3.95. The van der Waals surface area contributed by atoms with Crippen molar-refractivity contribution in [3.63, 3.8) is 0 Å². The zero-order valence-electron chi connectivity index (χ0n) is 10.3. The molecule has 0 saturated heterocycles. The fourth-order valence-corrected chi connectivity index (χ4v) is 2.84. The van der Waals surface area contributed by atoms with Gasteiger partial charge in [-0.25, -0.2) is 4.68 Å². The van der Waals surface area contributed by atoms with Crippen LogP contribution in [0, 0.1) is 0 Å². The molecule has 0 amide bonds. The number of carboxylic acids is 1. The highest BCUT2D eigenvalue weighted by Gasteiger charge is 2.13. The molecule has 0 aliphatic heterocycles. The molecule has 0 aliphatic rings. The quantitative estimate of drug-likeness (QED) is 0.741. The number of aromatic nitrogens is 6. The second-order valence-corrected chi connectivity index (χ2v) is 5.87. The molecule has 0 bridgehead atoms. The van der Waals surface area contributed by atoms with Gasteiger partial charge < -0.3 is 5.11 Å². The van der Waals surface area contributed by atoms with Crippen molar-refractivity contribution in [2.45, 2.75) is 16.6 Å². The number of nitrogens with zero attached hydrogens (tertiary/aromatic N) is 6. The van der Waals surface area contributed by atoms with E-state index in [1.807, 2.05) is 6.07 Å². The molecule has 106 valence electrons. The zero-order valence-corrected chi connectivity index (χ0v) is 12.7. The summed E-state index contributed by atoms with van der Waals surface area (Å²) in [5.74, 6) is -1.01. The number of aliphatic carboxylic acids is 1. The predicted molar refractivity (Wildman–Crippen MR) is 76.8 cm³/mol. The number of tetrazole rings is 1. The molecule has 0 unspecified atom stereocenters. The minimum atomic E-state index is -1.01. The number of rotatable bonds is 4. The highest BCUT2D eigenvalue weighted by molar-refractivity contribution is 9.10. The van der Waals surface area contributed by atoms with Gasteiger partial charge in [-0.15, -0.1) is 5.10 Å². The lowest BCUT2D eigenvalue weighted by Crippen LogP contribution is -2.11. The first-order valence-electron chi connectivity index (χ1n) is 5.69. The monoisotopic (exact) mass is 366 g/mol. The first kappa shape index (κ1) is 13.9. The first-order chi connectivity index (χ1) is 10.1. The van der Waals surface area contributed by atoms with Crippen molar-refractivity contribution in [3.8, 4) is 0 Å². The van der Waals surface area contributed by atoms with E-state index in [2.05, 4.69) is 41.4 Å². The maximum Gasteiger partial charge on any atom is 0.325 e. The van der Waals surface area contributed by atoms with Gasteiger partial charge in [-0.3, -0.25) is 14.8 Å². The van der Waals surface area contributed by atoms with Gasteiger partial charge in [0.2, 0.25) is 5.16 Å². The van der Waals surface area contributed by atoms with Crippen molar-refractivity contribution < 1.29 is 9.90 Å². The van der Waals surface area contributed by atoms with Crippen LogP contribution in [-0.4, -0.2) is 41.3 Å². The van der Waals surface area contributed by atoms with E-state index < -0.39 is 5.97 Å². The number of carboxylic acid groups (broad SMARTS) is 1. The lowest BCUT2D eigenvalue weighted by atomic mass is 10.3. The Morgan fingerprint density at radius 1 is 1.43 bits per heavy atom. The Bertz CT molecular complexity index is 823. The normalized spacial score (nSPS) is 10.9. The van der Waals surface area contributed by atoms with Crippen LogP contribution in [0.1, 0.15) is 0 Å². The van der Waals surface area contributed by atoms with Gasteiger partial charge in [0.1, 0.15) is 12.1 Å². The van der Waals surface area contributed by atoms with Gasteiger partial charge in [0.25, 0.3) is 0 Å². The lowest BCUT2D eigenvalue weighted by Gasteiger charge is -2.04. The first-order valence-corrected chi connectivity index (χ1v) is 7.30. The van der Waals surface area contributed by atoms with Crippen LogP contribution >= 0.6 is 27.7 Å². The fourth-order valence-electron chi connectivity index (χ4n) is 1.66. The summed E-state index contributed by atoms with van der Waals surface area (Å²) in [7, 11) is 0. The minimum absolute atomic E-state index is 0.294. The van der Waals surface area contributed by atoms with Crippen molar-refractivity contribution in [2.75, 3.05) is 0 Å². The zero-order chi connectivity index (χ0) is 14.8. The molecule has 0 saturated carbocycles. The number of carbonyl (C=O) groups is 1. The van der Waals surface area contributed by atoms with E-state index in [9.17, 15) is 4.79 Å². The molecule has 3 aromatic rings. The highest BCUT2D eigenvalue weighted by atomic mass is 79.9. The Morgan fingerprint density at radius 3 is 3.10 bits per heavy atom. The van der Waals surface area contributed by atoms with Crippen molar-refractivity contribution >= 4 is 44.7 Å². The Labute approximate surface area is 130 Å². The Balaban J connectivity index is 1.99. The summed E-state index contributed by atoms with van der Waals surface area (Å²) in [6, 6.07) is 3.64. The average molecular weight is 367 g/mol. The van der Waals surface area contributed by atoms with Gasteiger partial charge in [0.05, 0.1) is 5.52 Å². The Morgan fingerprint density at radius 2 is 2.29 bits per heavy atom. The summed E-state index contributed by atoms with van der Waals surface area (Å²) in [4.78, 5) is 20.1. The molecule has 0 spiro atoms. The number of hydrogen-bond donors (Lipinski definition) is 1. The molecule has 0 radical (unpaired) electrons. The van der Waals surface area contributed by atoms with E-state index in [1.54, 1.807) is 18.5 Å². The molecule has 3 rings (SSSR count). The third kappa shape index (κ3) is 3.00. The summed E-state index contributed by atoms with van der Waals surface area (Å²) in [6.07, 6.45) is 3.33. The smallest absolute Gasteiger partial charge is 0.325 e. The third-order valence-corrected chi connectivity index (χ3v) is 3.95. The van der Waals surface area contributed by atoms with E-state index in [0.29, 0.717) is 10.7 Å². The molecule has 0 fully saturated rings. The number of fused-ring (bicyclic) bond motifs is 1. The van der Waals surface area contributed by atoms with E-state index in [1.165, 1.54) is 16.4 Å². The van der Waals surface area contributed by atoms with E-state index >= 15 is 0 Å². The highest BCUT2D eigenvalue weighted by Crippen LogP contribution is 2.30. The lowest BCUT2D eigenvalue weighted by molar-refractivity contribution is -0.138. The molecule has 21 heavy (non-hydrogen) atoms. The molecule has 3 heterocycles. The van der Waals surface area contributed by atoms with Gasteiger partial charge in [-0.2, -0.15) is 0 Å². The van der Waals surface area contributed by atoms with Crippen molar-refractivity contribution in [1.29, 1.82) is 0 Å². The van der Waals surface area contributed by atoms with Crippen molar-refractivity contribution in [1.82, 2.24) is 30.2 Å². The molecule has 8 nitrogen and oxygen atoms in total. The molecule has 1 N–H and O–H groups in total. The summed E-state index contributed by atoms with van der Waals surface area (Å²) >= 11 is 4.59. The minimum Gasteiger partial charge on any atom is -0.480 e. The topological polar surface area (TPSA) is 107 Å². The molecule has 0 aliphatic carbocycles. The predicted octanol–water partition coefficient (Wildman–Crippen LogP) is 1.61. The van der Waals surface area contributed by atoms with Crippen LogP contribution in [0.4, 0.5) is 0 Å². The van der Waals surface area contributed by atoms with E-state index in [4.69, 9.17) is 5.11 Å². The Kier molecular flexibility index (Phi) is 3.80. The van der Waals surface area contributed by atoms with Gasteiger partial charge in [-0.1, -0.05) is 0 Å². The van der Waals surface area contributed by atoms with Crippen molar-refractivity contribution in [2.24, 2.45) is 0 Å². The van der Waals surface area contributed by atoms with E-state index in [-0.39, 0.29) is 6.54 Å². The molecule has 3 aromatic heterocycles. The second kappa shape index (κ2) is 5.74. The summed E-state index contributed by atoms with van der Waals surface area (Å²) < 4.78 is 2.05. The third-order valence-electron chi connectivity index (χ3n) is 2.49. The van der Waals surface area contributed by atoms with Crippen LogP contribution in [0.15, 0.2) is 39.1 Å². The van der Waals surface area contributed by atoms with Crippen LogP contribution in [0.2, 0.25) is 0 Å². The van der Waals surface area contributed by atoms with Crippen LogP contribution in [0.25, 0.3) is 11.0 Å². The van der Waals surface area contributed by atoms with Crippen LogP contribution in [-0.2, 0) is 11.3 Å². The van der Waals surface area contributed by atoms with E-state index in [0.717, 1.165) is 14.9 Å². The largest absolute Gasteiger partial charge is 0.480 e.